The maximum Gasteiger partial charge on any atom is 0.349 e. The number of hydrogen-bond acceptors (Lipinski definition) is 3. The van der Waals surface area contributed by atoms with Gasteiger partial charge in [0, 0.05) is 24.2 Å². The van der Waals surface area contributed by atoms with Crippen LogP contribution in [0.3, 0.4) is 0 Å². The van der Waals surface area contributed by atoms with Crippen LogP contribution in [-0.4, -0.2) is 14.5 Å². The Labute approximate surface area is 85.4 Å². The molecular weight excluding hydrogens is 194 g/mol. The van der Waals surface area contributed by atoms with Crippen molar-refractivity contribution in [3.63, 3.8) is 0 Å². The number of rotatable bonds is 0. The summed E-state index contributed by atoms with van der Waals surface area (Å²) in [5, 5.41) is 0.800. The quantitative estimate of drug-likeness (QED) is 0.669. The Balaban J connectivity index is 3.06. The fourth-order valence-electron chi connectivity index (χ4n) is 1.49. The van der Waals surface area contributed by atoms with E-state index in [9.17, 15) is 9.59 Å². The van der Waals surface area contributed by atoms with E-state index in [1.54, 1.807) is 20.2 Å². The van der Waals surface area contributed by atoms with Crippen LogP contribution in [0.15, 0.2) is 15.8 Å². The third kappa shape index (κ3) is 1.36. The van der Waals surface area contributed by atoms with Crippen LogP contribution in [0.4, 0.5) is 0 Å². The van der Waals surface area contributed by atoms with Gasteiger partial charge in [0.2, 0.25) is 0 Å². The van der Waals surface area contributed by atoms with Gasteiger partial charge in [0.25, 0.3) is 5.56 Å². The summed E-state index contributed by atoms with van der Waals surface area (Å²) in [4.78, 5) is 29.1. The zero-order valence-corrected chi connectivity index (χ0v) is 8.79. The topological polar surface area (TPSA) is 67.8 Å². The maximum atomic E-state index is 11.4. The monoisotopic (exact) mass is 205 g/mol. The molecule has 0 radical (unpaired) electrons. The van der Waals surface area contributed by atoms with Crippen molar-refractivity contribution >= 4 is 11.0 Å². The molecular formula is C10H11N3O2. The van der Waals surface area contributed by atoms with Gasteiger partial charge in [-0.15, -0.1) is 0 Å². The van der Waals surface area contributed by atoms with Gasteiger partial charge in [-0.2, -0.15) is 4.98 Å². The normalized spacial score (nSPS) is 10.9. The van der Waals surface area contributed by atoms with E-state index in [0.29, 0.717) is 11.2 Å². The Kier molecular flexibility index (Phi) is 1.96. The predicted octanol–water partition coefficient (Wildman–Crippen LogP) is 0.239. The highest BCUT2D eigenvalue weighted by molar-refractivity contribution is 5.78. The second-order valence-corrected chi connectivity index (χ2v) is 3.60. The summed E-state index contributed by atoms with van der Waals surface area (Å²) in [6.45, 7) is 3.60. The molecule has 0 spiro atoms. The smallest absolute Gasteiger partial charge is 0.306 e. The van der Waals surface area contributed by atoms with E-state index < -0.39 is 0 Å². The third-order valence-electron chi connectivity index (χ3n) is 2.63. The molecule has 0 fully saturated rings. The molecule has 0 atom stereocenters. The van der Waals surface area contributed by atoms with Gasteiger partial charge in [-0.25, -0.2) is 4.79 Å². The minimum Gasteiger partial charge on any atom is -0.306 e. The summed E-state index contributed by atoms with van der Waals surface area (Å²) in [6.07, 6.45) is 1.68. The summed E-state index contributed by atoms with van der Waals surface area (Å²) in [5.41, 5.74) is 1.30. The van der Waals surface area contributed by atoms with Crippen LogP contribution in [0.1, 0.15) is 11.1 Å². The molecule has 0 aliphatic heterocycles. The van der Waals surface area contributed by atoms with E-state index in [1.807, 2.05) is 6.92 Å². The van der Waals surface area contributed by atoms with E-state index in [4.69, 9.17) is 0 Å². The van der Waals surface area contributed by atoms with Gasteiger partial charge < -0.3 is 9.55 Å². The van der Waals surface area contributed by atoms with Crippen LogP contribution in [-0.2, 0) is 7.05 Å². The molecule has 0 amide bonds. The molecule has 0 unspecified atom stereocenters. The van der Waals surface area contributed by atoms with Gasteiger partial charge in [-0.1, -0.05) is 0 Å². The molecule has 1 N–H and O–H groups in total. The van der Waals surface area contributed by atoms with E-state index in [0.717, 1.165) is 10.9 Å². The second-order valence-electron chi connectivity index (χ2n) is 3.60. The van der Waals surface area contributed by atoms with Crippen LogP contribution in [0.2, 0.25) is 0 Å². The van der Waals surface area contributed by atoms with Crippen molar-refractivity contribution in [1.29, 1.82) is 0 Å². The summed E-state index contributed by atoms with van der Waals surface area (Å²) >= 11 is 0. The maximum absolute atomic E-state index is 11.4. The summed E-state index contributed by atoms with van der Waals surface area (Å²) in [5.74, 6) is 0. The average Bonchev–Trinajstić information content (AvgIpc) is 2.19. The first kappa shape index (κ1) is 9.64. The Morgan fingerprint density at radius 2 is 1.93 bits per heavy atom. The van der Waals surface area contributed by atoms with Crippen molar-refractivity contribution in [2.45, 2.75) is 13.8 Å². The van der Waals surface area contributed by atoms with Crippen molar-refractivity contribution in [1.82, 2.24) is 14.5 Å². The Morgan fingerprint density at radius 3 is 2.60 bits per heavy atom. The van der Waals surface area contributed by atoms with E-state index in [-0.39, 0.29) is 11.2 Å². The molecule has 0 aliphatic rings. The number of aryl methyl sites for hydroxylation is 2. The van der Waals surface area contributed by atoms with Crippen molar-refractivity contribution in [2.24, 2.45) is 7.05 Å². The van der Waals surface area contributed by atoms with Gasteiger partial charge in [0.1, 0.15) is 5.65 Å². The number of fused-ring (bicyclic) bond motifs is 1. The van der Waals surface area contributed by atoms with E-state index in [1.165, 1.54) is 4.57 Å². The van der Waals surface area contributed by atoms with E-state index in [2.05, 4.69) is 9.97 Å². The molecule has 2 aromatic rings. The third-order valence-corrected chi connectivity index (χ3v) is 2.63. The molecule has 2 aromatic heterocycles. The summed E-state index contributed by atoms with van der Waals surface area (Å²) < 4.78 is 1.40. The molecule has 5 heteroatoms. The molecule has 0 aromatic carbocycles. The highest BCUT2D eigenvalue weighted by Crippen LogP contribution is 2.12. The number of nitrogens with zero attached hydrogens (tertiary/aromatic N) is 2. The molecule has 15 heavy (non-hydrogen) atoms. The number of pyridine rings is 1. The SMILES string of the molecule is Cc1c(C)c2cn(C)c(=O)nc2[nH]c1=O. The number of aromatic amines is 1. The van der Waals surface area contributed by atoms with Crippen molar-refractivity contribution in [3.05, 3.63) is 38.2 Å². The molecule has 5 nitrogen and oxygen atoms in total. The van der Waals surface area contributed by atoms with Crippen LogP contribution < -0.4 is 11.2 Å². The minimum absolute atomic E-state index is 0.194. The van der Waals surface area contributed by atoms with Crippen molar-refractivity contribution < 1.29 is 0 Å². The number of aromatic nitrogens is 3. The standard InChI is InChI=1S/C10H11N3O2/c1-5-6(2)9(14)11-8-7(5)4-13(3)10(15)12-8/h4H,1-3H3,(H,11,12,14,15). The van der Waals surface area contributed by atoms with Crippen LogP contribution in [0, 0.1) is 13.8 Å². The first-order chi connectivity index (χ1) is 7.00. The molecule has 0 bridgehead atoms. The van der Waals surface area contributed by atoms with Gasteiger partial charge in [-0.05, 0) is 19.4 Å². The highest BCUT2D eigenvalue weighted by Gasteiger charge is 2.07. The van der Waals surface area contributed by atoms with Gasteiger partial charge in [0.15, 0.2) is 0 Å². The number of nitrogens with one attached hydrogen (secondary N) is 1. The Morgan fingerprint density at radius 1 is 1.27 bits per heavy atom. The lowest BCUT2D eigenvalue weighted by atomic mass is 10.1. The molecule has 78 valence electrons. The van der Waals surface area contributed by atoms with Crippen LogP contribution >= 0.6 is 0 Å². The molecule has 0 aliphatic carbocycles. The number of hydrogen-bond donors (Lipinski definition) is 1. The summed E-state index contributed by atoms with van der Waals surface area (Å²) in [6, 6.07) is 0. The fourth-order valence-corrected chi connectivity index (χ4v) is 1.49. The van der Waals surface area contributed by atoms with Gasteiger partial charge >= 0.3 is 5.69 Å². The lowest BCUT2D eigenvalue weighted by molar-refractivity contribution is 0.821. The molecule has 2 heterocycles. The molecule has 0 saturated heterocycles. The van der Waals surface area contributed by atoms with Crippen molar-refractivity contribution in [3.8, 4) is 0 Å². The fraction of sp³-hybridized carbons (Fsp3) is 0.300. The Bertz CT molecular complexity index is 647. The molecule has 0 saturated carbocycles. The lowest BCUT2D eigenvalue weighted by Gasteiger charge is -2.05. The largest absolute Gasteiger partial charge is 0.349 e. The lowest BCUT2D eigenvalue weighted by Crippen LogP contribution is -2.22. The molecule has 2 rings (SSSR count). The van der Waals surface area contributed by atoms with Gasteiger partial charge in [0.05, 0.1) is 0 Å². The average molecular weight is 205 g/mol. The Hall–Kier alpha value is -1.91. The highest BCUT2D eigenvalue weighted by atomic mass is 16.1. The van der Waals surface area contributed by atoms with Gasteiger partial charge in [-0.3, -0.25) is 4.79 Å². The zero-order valence-electron chi connectivity index (χ0n) is 8.79. The second kappa shape index (κ2) is 3.05. The minimum atomic E-state index is -0.374. The first-order valence-corrected chi connectivity index (χ1v) is 4.57. The van der Waals surface area contributed by atoms with Crippen molar-refractivity contribution in [2.75, 3.05) is 0 Å². The van der Waals surface area contributed by atoms with Crippen LogP contribution in [0.5, 0.6) is 0 Å². The number of H-pyrrole nitrogens is 1. The van der Waals surface area contributed by atoms with Crippen LogP contribution in [0.25, 0.3) is 11.0 Å². The van der Waals surface area contributed by atoms with E-state index >= 15 is 0 Å². The zero-order chi connectivity index (χ0) is 11.2. The summed E-state index contributed by atoms with van der Waals surface area (Å²) in [7, 11) is 1.63. The first-order valence-electron chi connectivity index (χ1n) is 4.57. The predicted molar refractivity (Wildman–Crippen MR) is 57.1 cm³/mol.